The van der Waals surface area contributed by atoms with E-state index in [1.807, 2.05) is 0 Å². The van der Waals surface area contributed by atoms with Gasteiger partial charge < -0.3 is 0 Å². The summed E-state index contributed by atoms with van der Waals surface area (Å²) < 4.78 is 0. The Kier molecular flexibility index (Phi) is 20.0. The standard InChI is InChI=1S/C23H47/c1-4-5-6-7-8-9-10-11-12-13-14-15-16-17-18-19-20-21-22-23(2)3/h23H,2,4-22H2,1,3H3. The lowest BCUT2D eigenvalue weighted by Crippen LogP contribution is -1.87. The lowest BCUT2D eigenvalue weighted by atomic mass is 10.0. The quantitative estimate of drug-likeness (QED) is 0.208. The Balaban J connectivity index is 2.95. The largest absolute Gasteiger partial charge is 0.0654 e. The van der Waals surface area contributed by atoms with Gasteiger partial charge in [0.25, 0.3) is 0 Å². The van der Waals surface area contributed by atoms with E-state index < -0.39 is 0 Å². The molecule has 0 aromatic carbocycles. The van der Waals surface area contributed by atoms with Gasteiger partial charge in [-0.3, -0.25) is 0 Å². The van der Waals surface area contributed by atoms with Crippen LogP contribution < -0.4 is 0 Å². The molecule has 1 radical (unpaired) electrons. The number of rotatable bonds is 19. The summed E-state index contributed by atoms with van der Waals surface area (Å²) in [6.07, 6.45) is 27.6. The van der Waals surface area contributed by atoms with Gasteiger partial charge in [0.1, 0.15) is 0 Å². The van der Waals surface area contributed by atoms with Crippen molar-refractivity contribution >= 4 is 0 Å². The zero-order valence-electron chi connectivity index (χ0n) is 16.7. The Hall–Kier alpha value is 0. The lowest BCUT2D eigenvalue weighted by molar-refractivity contribution is 0.514. The molecule has 0 nitrogen and oxygen atoms in total. The first-order valence-electron chi connectivity index (χ1n) is 11.1. The molecule has 23 heavy (non-hydrogen) atoms. The Morgan fingerprint density at radius 3 is 1.00 bits per heavy atom. The highest BCUT2D eigenvalue weighted by atomic mass is 14.0. The number of unbranched alkanes of at least 4 members (excludes halogenated alkanes) is 17. The summed E-state index contributed by atoms with van der Waals surface area (Å²) in [7, 11) is 0. The second kappa shape index (κ2) is 20.0. The molecule has 0 aliphatic carbocycles. The fraction of sp³-hybridized carbons (Fsp3) is 0.957. The zero-order chi connectivity index (χ0) is 17.0. The van der Waals surface area contributed by atoms with E-state index in [0.29, 0.717) is 5.92 Å². The van der Waals surface area contributed by atoms with Gasteiger partial charge in [0.2, 0.25) is 0 Å². The molecule has 0 spiro atoms. The molecule has 0 saturated heterocycles. The second-order valence-corrected chi connectivity index (χ2v) is 7.90. The van der Waals surface area contributed by atoms with Gasteiger partial charge in [-0.2, -0.15) is 0 Å². The van der Waals surface area contributed by atoms with E-state index in [9.17, 15) is 0 Å². The molecule has 0 heterocycles. The molecule has 0 aliphatic heterocycles. The van der Waals surface area contributed by atoms with Crippen molar-refractivity contribution in [2.24, 2.45) is 5.92 Å². The van der Waals surface area contributed by atoms with Crippen molar-refractivity contribution in [1.29, 1.82) is 0 Å². The Morgan fingerprint density at radius 2 is 0.739 bits per heavy atom. The molecule has 0 N–H and O–H groups in total. The number of hydrogen-bond donors (Lipinski definition) is 0. The predicted octanol–water partition coefficient (Wildman–Crippen LogP) is 8.89. The molecular formula is C23H47. The topological polar surface area (TPSA) is 0 Å². The van der Waals surface area contributed by atoms with Gasteiger partial charge >= 0.3 is 0 Å². The minimum Gasteiger partial charge on any atom is -0.0654 e. The van der Waals surface area contributed by atoms with E-state index in [1.165, 1.54) is 122 Å². The van der Waals surface area contributed by atoms with Gasteiger partial charge in [-0.25, -0.2) is 0 Å². The summed E-state index contributed by atoms with van der Waals surface area (Å²) >= 11 is 0. The van der Waals surface area contributed by atoms with E-state index in [1.54, 1.807) is 0 Å². The summed E-state index contributed by atoms with van der Waals surface area (Å²) in [5.41, 5.74) is 0. The van der Waals surface area contributed by atoms with E-state index in [0.717, 1.165) is 0 Å². The molecular weight excluding hydrogens is 276 g/mol. The van der Waals surface area contributed by atoms with Crippen LogP contribution in [0.3, 0.4) is 0 Å². The van der Waals surface area contributed by atoms with Crippen LogP contribution in [0.5, 0.6) is 0 Å². The first-order valence-corrected chi connectivity index (χ1v) is 11.1. The summed E-state index contributed by atoms with van der Waals surface area (Å²) in [5, 5.41) is 0. The van der Waals surface area contributed by atoms with Crippen molar-refractivity contribution in [1.82, 2.24) is 0 Å². The van der Waals surface area contributed by atoms with Crippen LogP contribution in [0.2, 0.25) is 0 Å². The third kappa shape index (κ3) is 22.0. The molecule has 0 rings (SSSR count). The molecule has 139 valence electrons. The van der Waals surface area contributed by atoms with Crippen LogP contribution in [-0.4, -0.2) is 0 Å². The minimum absolute atomic E-state index is 0.649. The fourth-order valence-electron chi connectivity index (χ4n) is 3.39. The highest BCUT2D eigenvalue weighted by molar-refractivity contribution is 4.55. The van der Waals surface area contributed by atoms with E-state index in [2.05, 4.69) is 20.8 Å². The van der Waals surface area contributed by atoms with Gasteiger partial charge in [0, 0.05) is 0 Å². The monoisotopic (exact) mass is 323 g/mol. The maximum absolute atomic E-state index is 4.05. The highest BCUT2D eigenvalue weighted by Gasteiger charge is 1.96. The molecule has 0 aliphatic rings. The van der Waals surface area contributed by atoms with E-state index in [4.69, 9.17) is 0 Å². The minimum atomic E-state index is 0.649. The van der Waals surface area contributed by atoms with Crippen molar-refractivity contribution < 1.29 is 0 Å². The summed E-state index contributed by atoms with van der Waals surface area (Å²) in [6, 6.07) is 0. The average Bonchev–Trinajstić information content (AvgIpc) is 2.53. The van der Waals surface area contributed by atoms with Crippen molar-refractivity contribution in [2.45, 2.75) is 136 Å². The zero-order valence-corrected chi connectivity index (χ0v) is 16.7. The molecule has 0 saturated carbocycles. The van der Waals surface area contributed by atoms with Gasteiger partial charge in [0.15, 0.2) is 0 Å². The Bertz CT molecular complexity index is 194. The van der Waals surface area contributed by atoms with Crippen molar-refractivity contribution in [3.63, 3.8) is 0 Å². The summed E-state index contributed by atoms with van der Waals surface area (Å²) in [6.45, 7) is 8.58. The normalized spacial score (nSPS) is 11.5. The molecule has 0 fully saturated rings. The molecule has 1 atom stereocenters. The van der Waals surface area contributed by atoms with Gasteiger partial charge in [-0.05, 0) is 5.92 Å². The van der Waals surface area contributed by atoms with Crippen LogP contribution in [0, 0.1) is 12.8 Å². The molecule has 0 aromatic heterocycles. The van der Waals surface area contributed by atoms with Crippen molar-refractivity contribution in [3.05, 3.63) is 6.92 Å². The van der Waals surface area contributed by atoms with Crippen LogP contribution in [0.1, 0.15) is 136 Å². The predicted molar refractivity (Wildman–Crippen MR) is 108 cm³/mol. The van der Waals surface area contributed by atoms with Crippen LogP contribution in [0.15, 0.2) is 0 Å². The van der Waals surface area contributed by atoms with Crippen LogP contribution in [0.4, 0.5) is 0 Å². The van der Waals surface area contributed by atoms with Crippen LogP contribution in [-0.2, 0) is 0 Å². The SMILES string of the molecule is [CH2]C(C)CCCCCCCCCCCCCCCCCCCC. The van der Waals surface area contributed by atoms with Crippen LogP contribution >= 0.6 is 0 Å². The fourth-order valence-corrected chi connectivity index (χ4v) is 3.39. The first-order chi connectivity index (χ1) is 11.3. The Morgan fingerprint density at radius 1 is 0.478 bits per heavy atom. The lowest BCUT2D eigenvalue weighted by Gasteiger charge is -2.05. The molecule has 0 aromatic rings. The van der Waals surface area contributed by atoms with Gasteiger partial charge in [-0.1, -0.05) is 143 Å². The maximum atomic E-state index is 4.05. The Labute approximate surface area is 149 Å². The third-order valence-electron chi connectivity index (χ3n) is 5.05. The highest BCUT2D eigenvalue weighted by Crippen LogP contribution is 2.15. The van der Waals surface area contributed by atoms with E-state index in [-0.39, 0.29) is 0 Å². The second-order valence-electron chi connectivity index (χ2n) is 7.90. The van der Waals surface area contributed by atoms with Gasteiger partial charge in [-0.15, -0.1) is 0 Å². The molecule has 1 unspecified atom stereocenters. The van der Waals surface area contributed by atoms with Gasteiger partial charge in [0.05, 0.1) is 0 Å². The third-order valence-corrected chi connectivity index (χ3v) is 5.05. The van der Waals surface area contributed by atoms with Crippen molar-refractivity contribution in [3.8, 4) is 0 Å². The average molecular weight is 324 g/mol. The summed E-state index contributed by atoms with van der Waals surface area (Å²) in [5.74, 6) is 0.649. The first kappa shape index (κ1) is 23.0. The summed E-state index contributed by atoms with van der Waals surface area (Å²) in [4.78, 5) is 0. The number of hydrogen-bond acceptors (Lipinski definition) is 0. The molecule has 0 bridgehead atoms. The smallest absolute Gasteiger partial charge is 0.0443 e. The molecule has 0 heteroatoms. The van der Waals surface area contributed by atoms with E-state index >= 15 is 0 Å². The van der Waals surface area contributed by atoms with Crippen molar-refractivity contribution in [2.75, 3.05) is 0 Å². The molecule has 0 amide bonds. The maximum Gasteiger partial charge on any atom is -0.0443 e. The van der Waals surface area contributed by atoms with Crippen LogP contribution in [0.25, 0.3) is 0 Å².